The Labute approximate surface area is 605 Å². The molecule has 0 rings (SSSR count). The van der Waals surface area contributed by atoms with Crippen LogP contribution in [0.3, 0.4) is 0 Å². The van der Waals surface area contributed by atoms with Gasteiger partial charge in [0, 0.05) is 25.7 Å². The van der Waals surface area contributed by atoms with E-state index in [0.717, 1.165) is 121 Å². The van der Waals surface area contributed by atoms with Gasteiger partial charge in [0.1, 0.15) is 19.3 Å². The van der Waals surface area contributed by atoms with E-state index >= 15 is 0 Å². The molecule has 2 unspecified atom stereocenters. The predicted octanol–water partition coefficient (Wildman–Crippen LogP) is 23.4. The van der Waals surface area contributed by atoms with Gasteiger partial charge in [-0.15, -0.1) is 0 Å². The Hall–Kier alpha value is -2.46. The van der Waals surface area contributed by atoms with Gasteiger partial charge in [0.25, 0.3) is 0 Å². The zero-order valence-corrected chi connectivity index (χ0v) is 66.1. The molecule has 0 radical (unpaired) electrons. The Kier molecular flexibility index (Phi) is 69.4. The second-order valence-corrected chi connectivity index (χ2v) is 32.0. The third-order valence-electron chi connectivity index (χ3n) is 18.1. The van der Waals surface area contributed by atoms with Crippen LogP contribution in [0.15, 0.2) is 24.3 Å². The first kappa shape index (κ1) is 96.5. The molecule has 0 amide bonds. The molecule has 0 saturated carbocycles. The van der Waals surface area contributed by atoms with Gasteiger partial charge in [-0.1, -0.05) is 342 Å². The molecule has 99 heavy (non-hydrogen) atoms. The number of phosphoric ester groups is 2. The summed E-state index contributed by atoms with van der Waals surface area (Å²) in [5, 5.41) is 10.6. The first-order valence-corrected chi connectivity index (χ1v) is 43.8. The fourth-order valence-electron chi connectivity index (χ4n) is 11.8. The smallest absolute Gasteiger partial charge is 0.462 e. The summed E-state index contributed by atoms with van der Waals surface area (Å²) in [5.74, 6) is -0.570. The highest BCUT2D eigenvalue weighted by atomic mass is 31.2. The Bertz CT molecular complexity index is 2000. The molecule has 0 aromatic heterocycles. The topological polar surface area (TPSA) is 237 Å². The maximum Gasteiger partial charge on any atom is 0.472 e. The monoisotopic (exact) mass is 1450 g/mol. The number of aliphatic hydroxyl groups excluding tert-OH is 1. The summed E-state index contributed by atoms with van der Waals surface area (Å²) in [6.45, 7) is 9.59. The zero-order chi connectivity index (χ0) is 72.8. The molecule has 3 N–H and O–H groups in total. The molecular formula is C80H152O17P2. The molecule has 0 heterocycles. The van der Waals surface area contributed by atoms with E-state index in [0.29, 0.717) is 25.7 Å². The number of aliphatic hydroxyl groups is 1. The molecule has 19 heteroatoms. The molecule has 0 aliphatic heterocycles. The molecule has 0 aliphatic rings. The highest BCUT2D eigenvalue weighted by molar-refractivity contribution is 7.47. The second kappa shape index (κ2) is 71.2. The van der Waals surface area contributed by atoms with Crippen LogP contribution < -0.4 is 0 Å². The largest absolute Gasteiger partial charge is 0.472 e. The minimum absolute atomic E-state index is 0.101. The van der Waals surface area contributed by atoms with E-state index in [1.165, 1.54) is 193 Å². The van der Waals surface area contributed by atoms with Gasteiger partial charge in [0.05, 0.1) is 26.4 Å². The number of allylic oxidation sites excluding steroid dienone is 4. The van der Waals surface area contributed by atoms with Gasteiger partial charge in [-0.25, -0.2) is 9.13 Å². The Morgan fingerprint density at radius 2 is 0.545 bits per heavy atom. The van der Waals surface area contributed by atoms with E-state index in [1.807, 2.05) is 0 Å². The molecule has 0 bridgehead atoms. The van der Waals surface area contributed by atoms with Crippen molar-refractivity contribution >= 4 is 39.5 Å². The van der Waals surface area contributed by atoms with E-state index in [2.05, 4.69) is 65.8 Å². The summed E-state index contributed by atoms with van der Waals surface area (Å²) in [5.41, 5.74) is 0. The van der Waals surface area contributed by atoms with Crippen LogP contribution in [0, 0.1) is 11.8 Å². The van der Waals surface area contributed by atoms with E-state index in [1.54, 1.807) is 0 Å². The number of hydrogen-bond donors (Lipinski definition) is 3. The van der Waals surface area contributed by atoms with Crippen molar-refractivity contribution in [2.24, 2.45) is 11.8 Å². The predicted molar refractivity (Wildman–Crippen MR) is 404 cm³/mol. The third kappa shape index (κ3) is 73.6. The number of esters is 4. The Morgan fingerprint density at radius 1 is 0.313 bits per heavy atom. The van der Waals surface area contributed by atoms with Gasteiger partial charge in [-0.2, -0.15) is 0 Å². The van der Waals surface area contributed by atoms with Crippen LogP contribution >= 0.6 is 15.6 Å². The van der Waals surface area contributed by atoms with Crippen molar-refractivity contribution in [3.63, 3.8) is 0 Å². The van der Waals surface area contributed by atoms with E-state index in [-0.39, 0.29) is 25.7 Å². The lowest BCUT2D eigenvalue weighted by Gasteiger charge is -2.21. The highest BCUT2D eigenvalue weighted by Crippen LogP contribution is 2.45. The van der Waals surface area contributed by atoms with Crippen molar-refractivity contribution in [1.29, 1.82) is 0 Å². The van der Waals surface area contributed by atoms with Gasteiger partial charge in [-0.3, -0.25) is 37.3 Å². The fraction of sp³-hybridized carbons (Fsp3) is 0.900. The summed E-state index contributed by atoms with van der Waals surface area (Å²) in [7, 11) is -9.93. The minimum atomic E-state index is -4.97. The molecule has 0 aromatic carbocycles. The lowest BCUT2D eigenvalue weighted by molar-refractivity contribution is -0.161. The molecule has 0 aliphatic carbocycles. The number of unbranched alkanes of at least 4 members (excludes halogenated alkanes) is 44. The molecule has 5 atom stereocenters. The maximum atomic E-state index is 13.1. The summed E-state index contributed by atoms with van der Waals surface area (Å²) in [6.07, 6.45) is 63.1. The standard InChI is InChI=1S/C80H152O17P2/c1-7-9-11-13-15-17-19-21-22-26-33-39-45-51-57-63-78(83)91-69-76(96-79(84)64-58-52-46-40-34-27-24-23-25-30-36-42-48-54-60-72(3)4)71-95-99(88,89)93-67-74(81)66-92-98(86,87)94-70-75(68-90-77(82)62-56-50-44-38-32-20-18-16-14-12-10-8-2)97-80(85)65-59-53-47-41-35-29-28-31-37-43-49-55-61-73(5)6/h17,19,21-22,72-76,81H,7-16,18,20,23-71H2,1-6H3,(H,86,87)(H,88,89)/b19-17-,22-21-/t74-,75+,76+/m0/s1. The molecule has 0 aromatic rings. The van der Waals surface area contributed by atoms with E-state index in [9.17, 15) is 43.2 Å². The molecule has 0 spiro atoms. The van der Waals surface area contributed by atoms with Crippen LogP contribution in [0.25, 0.3) is 0 Å². The van der Waals surface area contributed by atoms with Crippen molar-refractivity contribution in [1.82, 2.24) is 0 Å². The van der Waals surface area contributed by atoms with Crippen molar-refractivity contribution in [3.8, 4) is 0 Å². The summed E-state index contributed by atoms with van der Waals surface area (Å²) >= 11 is 0. The van der Waals surface area contributed by atoms with Gasteiger partial charge in [0.2, 0.25) is 0 Å². The number of rotatable bonds is 77. The second-order valence-electron chi connectivity index (χ2n) is 29.1. The quantitative estimate of drug-likeness (QED) is 0.0169. The average Bonchev–Trinajstić information content (AvgIpc) is 1.08. The Morgan fingerprint density at radius 3 is 0.828 bits per heavy atom. The van der Waals surface area contributed by atoms with Gasteiger partial charge < -0.3 is 33.8 Å². The summed E-state index contributed by atoms with van der Waals surface area (Å²) in [6, 6.07) is 0. The summed E-state index contributed by atoms with van der Waals surface area (Å²) < 4.78 is 68.7. The molecule has 0 fully saturated rings. The summed E-state index contributed by atoms with van der Waals surface area (Å²) in [4.78, 5) is 73.0. The van der Waals surface area contributed by atoms with Crippen molar-refractivity contribution in [2.45, 2.75) is 413 Å². The number of carbonyl (C=O) groups excluding carboxylic acids is 4. The van der Waals surface area contributed by atoms with Gasteiger partial charge in [0.15, 0.2) is 12.2 Å². The number of ether oxygens (including phenoxy) is 4. The van der Waals surface area contributed by atoms with E-state index < -0.39 is 97.5 Å². The lowest BCUT2D eigenvalue weighted by atomic mass is 10.0. The number of carbonyl (C=O) groups is 4. The molecule has 0 saturated heterocycles. The first-order chi connectivity index (χ1) is 47.9. The van der Waals surface area contributed by atoms with Crippen molar-refractivity contribution in [2.75, 3.05) is 39.6 Å². The van der Waals surface area contributed by atoms with Crippen LogP contribution in [0.1, 0.15) is 395 Å². The van der Waals surface area contributed by atoms with Crippen LogP contribution in [0.5, 0.6) is 0 Å². The number of phosphoric acid groups is 2. The minimum Gasteiger partial charge on any atom is -0.462 e. The van der Waals surface area contributed by atoms with E-state index in [4.69, 9.17) is 37.0 Å². The zero-order valence-electron chi connectivity index (χ0n) is 64.3. The highest BCUT2D eigenvalue weighted by Gasteiger charge is 2.30. The van der Waals surface area contributed by atoms with Gasteiger partial charge >= 0.3 is 39.5 Å². The van der Waals surface area contributed by atoms with Crippen LogP contribution in [-0.4, -0.2) is 96.7 Å². The van der Waals surface area contributed by atoms with Crippen LogP contribution in [0.4, 0.5) is 0 Å². The Balaban J connectivity index is 5.30. The SMILES string of the molecule is CCCCCC/C=C\C=C/CCCCCCCC(=O)OC[C@H](COP(=O)(O)OC[C@@H](O)COP(=O)(O)OC[C@@H](COC(=O)CCCCCCCCCCCCCC)OC(=O)CCCCCCCCCCCCCCC(C)C)OC(=O)CCCCCCCCCCCCCCCCC(C)C. The van der Waals surface area contributed by atoms with Crippen molar-refractivity contribution in [3.05, 3.63) is 24.3 Å². The van der Waals surface area contributed by atoms with Crippen molar-refractivity contribution < 1.29 is 80.2 Å². The molecule has 17 nitrogen and oxygen atoms in total. The molecular weight excluding hydrogens is 1290 g/mol. The number of hydrogen-bond acceptors (Lipinski definition) is 15. The molecule has 584 valence electrons. The third-order valence-corrected chi connectivity index (χ3v) is 20.0. The first-order valence-electron chi connectivity index (χ1n) is 40.8. The normalized spacial score (nSPS) is 14.1. The average molecular weight is 1450 g/mol. The lowest BCUT2D eigenvalue weighted by Crippen LogP contribution is -2.30. The van der Waals surface area contributed by atoms with Crippen LogP contribution in [0.2, 0.25) is 0 Å². The fourth-order valence-corrected chi connectivity index (χ4v) is 13.4. The van der Waals surface area contributed by atoms with Crippen LogP contribution in [-0.2, 0) is 65.4 Å². The maximum absolute atomic E-state index is 13.1. The van der Waals surface area contributed by atoms with Gasteiger partial charge in [-0.05, 0) is 63.2 Å².